The molecular formula is C25H23F4N5OS. The predicted molar refractivity (Wildman–Crippen MR) is 128 cm³/mol. The van der Waals surface area contributed by atoms with Gasteiger partial charge in [0.15, 0.2) is 5.69 Å². The Balaban J connectivity index is 1.85. The zero-order valence-corrected chi connectivity index (χ0v) is 20.6. The normalized spacial score (nSPS) is 16.0. The number of nitrogens with zero attached hydrogens (tertiary/aromatic N) is 5. The molecule has 2 aromatic heterocycles. The molecule has 0 N–H and O–H groups in total. The average molecular weight is 518 g/mol. The fourth-order valence-corrected chi connectivity index (χ4v) is 5.41. The molecule has 1 aliphatic heterocycles. The van der Waals surface area contributed by atoms with Gasteiger partial charge in [0, 0.05) is 54.3 Å². The van der Waals surface area contributed by atoms with Crippen LogP contribution in [0.15, 0.2) is 42.6 Å². The SMILES string of the molecule is CN(C)C/C=C/C(=O)N1Cc2sc(C#N)cc2[C@H](c2cccc(F)c2-c2cn(C)nc2C(F)(F)F)C1. The van der Waals surface area contributed by atoms with Gasteiger partial charge in [-0.1, -0.05) is 18.2 Å². The number of alkyl halides is 3. The molecule has 0 saturated heterocycles. The van der Waals surface area contributed by atoms with Crippen molar-refractivity contribution in [3.63, 3.8) is 0 Å². The molecule has 0 aliphatic carbocycles. The first-order valence-electron chi connectivity index (χ1n) is 11.0. The molecule has 0 bridgehead atoms. The van der Waals surface area contributed by atoms with E-state index in [1.165, 1.54) is 30.5 Å². The third-order valence-electron chi connectivity index (χ3n) is 5.90. The zero-order chi connectivity index (χ0) is 26.2. The summed E-state index contributed by atoms with van der Waals surface area (Å²) in [5.74, 6) is -1.72. The van der Waals surface area contributed by atoms with Crippen LogP contribution in [0.3, 0.4) is 0 Å². The average Bonchev–Trinajstić information content (AvgIpc) is 3.41. The van der Waals surface area contributed by atoms with E-state index in [9.17, 15) is 23.2 Å². The molecule has 0 radical (unpaired) electrons. The topological polar surface area (TPSA) is 65.2 Å². The number of aryl methyl sites for hydroxylation is 1. The lowest BCUT2D eigenvalue weighted by Gasteiger charge is -2.33. The van der Waals surface area contributed by atoms with Crippen LogP contribution in [0.4, 0.5) is 17.6 Å². The van der Waals surface area contributed by atoms with Crippen molar-refractivity contribution in [1.82, 2.24) is 19.6 Å². The standard InChI is InChI=1S/C25H23F4N5OS/c1-32(2)9-5-8-22(35)34-13-18(17-10-15(11-30)36-21(17)14-34)16-6-4-7-20(26)23(16)19-12-33(3)31-24(19)25(27,28)29/h4-8,10,12,18H,9,13-14H2,1-3H3/b8-5+/t18-/m0/s1. The van der Waals surface area contributed by atoms with Crippen molar-refractivity contribution in [2.75, 3.05) is 27.2 Å². The van der Waals surface area contributed by atoms with Crippen molar-refractivity contribution in [2.24, 2.45) is 7.05 Å². The van der Waals surface area contributed by atoms with E-state index < -0.39 is 23.6 Å². The van der Waals surface area contributed by atoms with Crippen molar-refractivity contribution in [1.29, 1.82) is 5.26 Å². The molecule has 6 nitrogen and oxygen atoms in total. The summed E-state index contributed by atoms with van der Waals surface area (Å²) in [5.41, 5.74) is -0.760. The number of aromatic nitrogens is 2. The summed E-state index contributed by atoms with van der Waals surface area (Å²) < 4.78 is 57.6. The molecule has 3 aromatic rings. The van der Waals surface area contributed by atoms with E-state index >= 15 is 4.39 Å². The summed E-state index contributed by atoms with van der Waals surface area (Å²) >= 11 is 1.22. The van der Waals surface area contributed by atoms with Crippen LogP contribution >= 0.6 is 11.3 Å². The number of thiophene rings is 1. The minimum atomic E-state index is -4.79. The monoisotopic (exact) mass is 517 g/mol. The van der Waals surface area contributed by atoms with Gasteiger partial charge in [-0.25, -0.2) is 4.39 Å². The van der Waals surface area contributed by atoms with Crippen LogP contribution in [0.2, 0.25) is 0 Å². The summed E-state index contributed by atoms with van der Waals surface area (Å²) in [7, 11) is 5.08. The molecule has 188 valence electrons. The quantitative estimate of drug-likeness (QED) is 0.361. The van der Waals surface area contributed by atoms with E-state index in [2.05, 4.69) is 11.2 Å². The second-order valence-electron chi connectivity index (χ2n) is 8.80. The molecule has 1 amide bonds. The van der Waals surface area contributed by atoms with Crippen LogP contribution in [0.5, 0.6) is 0 Å². The fourth-order valence-electron chi connectivity index (χ4n) is 4.37. The summed E-state index contributed by atoms with van der Waals surface area (Å²) in [5, 5.41) is 13.0. The maximum Gasteiger partial charge on any atom is 0.435 e. The second-order valence-corrected chi connectivity index (χ2v) is 9.94. The van der Waals surface area contributed by atoms with Gasteiger partial charge in [0.2, 0.25) is 5.91 Å². The lowest BCUT2D eigenvalue weighted by Crippen LogP contribution is -2.37. The molecule has 1 aromatic carbocycles. The number of hydrogen-bond donors (Lipinski definition) is 0. The summed E-state index contributed by atoms with van der Waals surface area (Å²) in [6.45, 7) is 0.938. The van der Waals surface area contributed by atoms with E-state index in [0.717, 1.165) is 21.8 Å². The van der Waals surface area contributed by atoms with E-state index in [4.69, 9.17) is 0 Å². The second kappa shape index (κ2) is 9.87. The van der Waals surface area contributed by atoms with Gasteiger partial charge >= 0.3 is 6.18 Å². The lowest BCUT2D eigenvalue weighted by molar-refractivity contribution is -0.141. The maximum atomic E-state index is 15.3. The Labute approximate surface area is 209 Å². The third-order valence-corrected chi connectivity index (χ3v) is 6.94. The highest BCUT2D eigenvalue weighted by Gasteiger charge is 2.40. The van der Waals surface area contributed by atoms with Crippen molar-refractivity contribution in [2.45, 2.75) is 18.6 Å². The van der Waals surface area contributed by atoms with Crippen molar-refractivity contribution in [3.05, 3.63) is 75.0 Å². The van der Waals surface area contributed by atoms with Crippen LogP contribution in [0.25, 0.3) is 11.1 Å². The van der Waals surface area contributed by atoms with Gasteiger partial charge < -0.3 is 9.80 Å². The number of nitriles is 1. The van der Waals surface area contributed by atoms with Gasteiger partial charge in [-0.05, 0) is 37.4 Å². The van der Waals surface area contributed by atoms with Crippen LogP contribution in [-0.2, 0) is 24.6 Å². The Hall–Kier alpha value is -3.49. The first-order valence-corrected chi connectivity index (χ1v) is 11.8. The number of halogens is 4. The number of hydrogen-bond acceptors (Lipinski definition) is 5. The summed E-state index contributed by atoms with van der Waals surface area (Å²) in [6.07, 6.45) is -0.462. The van der Waals surface area contributed by atoms with Gasteiger partial charge in [0.05, 0.1) is 6.54 Å². The van der Waals surface area contributed by atoms with Crippen LogP contribution in [0, 0.1) is 17.1 Å². The molecule has 1 atom stereocenters. The van der Waals surface area contributed by atoms with Gasteiger partial charge in [0.25, 0.3) is 0 Å². The first kappa shape index (κ1) is 25.6. The number of carbonyl (C=O) groups is 1. The Morgan fingerprint density at radius 1 is 1.33 bits per heavy atom. The largest absolute Gasteiger partial charge is 0.435 e. The number of rotatable bonds is 5. The molecule has 0 spiro atoms. The third kappa shape index (κ3) is 5.05. The molecular weight excluding hydrogens is 494 g/mol. The highest BCUT2D eigenvalue weighted by Crippen LogP contribution is 2.45. The minimum absolute atomic E-state index is 0.123. The van der Waals surface area contributed by atoms with Gasteiger partial charge in [0.1, 0.15) is 16.8 Å². The Kier molecular flexibility index (Phi) is 7.02. The zero-order valence-electron chi connectivity index (χ0n) is 19.8. The molecule has 11 heteroatoms. The number of carbonyl (C=O) groups excluding carboxylic acids is 1. The van der Waals surface area contributed by atoms with Crippen LogP contribution < -0.4 is 0 Å². The Bertz CT molecular complexity index is 1370. The van der Waals surface area contributed by atoms with E-state index in [1.807, 2.05) is 19.0 Å². The maximum absolute atomic E-state index is 15.3. The predicted octanol–water partition coefficient (Wildman–Crippen LogP) is 4.77. The smallest absolute Gasteiger partial charge is 0.333 e. The highest BCUT2D eigenvalue weighted by molar-refractivity contribution is 7.12. The Morgan fingerprint density at radius 3 is 2.75 bits per heavy atom. The molecule has 3 heterocycles. The number of benzene rings is 1. The molecule has 4 rings (SSSR count). The molecule has 1 aliphatic rings. The number of likely N-dealkylation sites (N-methyl/N-ethyl adjacent to an activating group) is 1. The van der Waals surface area contributed by atoms with Crippen LogP contribution in [-0.4, -0.2) is 52.7 Å². The van der Waals surface area contributed by atoms with Gasteiger partial charge in [-0.15, -0.1) is 11.3 Å². The number of amides is 1. The first-order chi connectivity index (χ1) is 17.0. The van der Waals surface area contributed by atoms with Crippen molar-refractivity contribution in [3.8, 4) is 17.2 Å². The minimum Gasteiger partial charge on any atom is -0.333 e. The fraction of sp³-hybridized carbons (Fsp3) is 0.320. The van der Waals surface area contributed by atoms with E-state index in [1.54, 1.807) is 23.1 Å². The van der Waals surface area contributed by atoms with Gasteiger partial charge in [-0.3, -0.25) is 9.48 Å². The number of fused-ring (bicyclic) bond motifs is 1. The van der Waals surface area contributed by atoms with Crippen LogP contribution in [0.1, 0.15) is 32.5 Å². The molecule has 0 saturated carbocycles. The molecule has 0 unspecified atom stereocenters. The summed E-state index contributed by atoms with van der Waals surface area (Å²) in [6, 6.07) is 7.89. The highest BCUT2D eigenvalue weighted by atomic mass is 32.1. The Morgan fingerprint density at radius 2 is 2.08 bits per heavy atom. The lowest BCUT2D eigenvalue weighted by atomic mass is 9.83. The van der Waals surface area contributed by atoms with E-state index in [0.29, 0.717) is 22.5 Å². The van der Waals surface area contributed by atoms with Crippen molar-refractivity contribution < 1.29 is 22.4 Å². The molecule has 36 heavy (non-hydrogen) atoms. The van der Waals surface area contributed by atoms with Crippen molar-refractivity contribution >= 4 is 17.2 Å². The summed E-state index contributed by atoms with van der Waals surface area (Å²) in [4.78, 5) is 17.6. The molecule has 0 fully saturated rings. The van der Waals surface area contributed by atoms with E-state index in [-0.39, 0.29) is 30.1 Å². The van der Waals surface area contributed by atoms with Gasteiger partial charge in [-0.2, -0.15) is 23.5 Å².